The minimum atomic E-state index is -0.687. The number of nitrogens with zero attached hydrogens (tertiary/aromatic N) is 2. The molecular formula is C21H24N2O5. The Morgan fingerprint density at radius 2 is 2.07 bits per heavy atom. The lowest BCUT2D eigenvalue weighted by Gasteiger charge is -2.58. The molecule has 4 saturated carbocycles. The first-order valence-corrected chi connectivity index (χ1v) is 9.84. The number of hydrogen-bond acceptors (Lipinski definition) is 7. The minimum Gasteiger partial charge on any atom is -0.497 e. The van der Waals surface area contributed by atoms with Crippen molar-refractivity contribution in [2.45, 2.75) is 50.7 Å². The van der Waals surface area contributed by atoms with Gasteiger partial charge in [-0.3, -0.25) is 4.79 Å². The Bertz CT molecular complexity index is 894. The van der Waals surface area contributed by atoms with Gasteiger partial charge in [0.05, 0.1) is 18.1 Å². The summed E-state index contributed by atoms with van der Waals surface area (Å²) in [6.45, 7) is -0.0503. The standard InChI is InChI=1S/C21H24N2O5/c1-26-16-4-2-3-15(6-16)18-22-17(28-23-18)11-27-19(24)20-7-13-5-14(8-20)10-21(25,9-13)12-20/h2-4,6,13-14,25H,5,7-12H2,1H3/t13-,14+,20?,21?. The molecule has 0 radical (unpaired) electrons. The zero-order valence-corrected chi connectivity index (χ0v) is 15.9. The summed E-state index contributed by atoms with van der Waals surface area (Å²) in [6, 6.07) is 7.36. The molecule has 4 atom stereocenters. The third-order valence-electron chi connectivity index (χ3n) is 6.59. The van der Waals surface area contributed by atoms with Gasteiger partial charge in [0.2, 0.25) is 5.82 Å². The highest BCUT2D eigenvalue weighted by Gasteiger charge is 2.60. The average molecular weight is 384 g/mol. The third kappa shape index (κ3) is 2.98. The Morgan fingerprint density at radius 1 is 1.29 bits per heavy atom. The van der Waals surface area contributed by atoms with E-state index in [1.165, 1.54) is 0 Å². The van der Waals surface area contributed by atoms with Gasteiger partial charge in [0, 0.05) is 5.56 Å². The van der Waals surface area contributed by atoms with Crippen molar-refractivity contribution in [3.63, 3.8) is 0 Å². The second kappa shape index (κ2) is 6.30. The monoisotopic (exact) mass is 384 g/mol. The molecule has 4 aliphatic carbocycles. The van der Waals surface area contributed by atoms with Crippen molar-refractivity contribution in [2.24, 2.45) is 17.3 Å². The van der Waals surface area contributed by atoms with Gasteiger partial charge in [0.25, 0.3) is 5.89 Å². The number of ether oxygens (including phenoxy) is 2. The van der Waals surface area contributed by atoms with Gasteiger partial charge < -0.3 is 19.1 Å². The van der Waals surface area contributed by atoms with Gasteiger partial charge in [-0.05, 0) is 62.5 Å². The molecule has 7 heteroatoms. The van der Waals surface area contributed by atoms with Crippen LogP contribution in [0, 0.1) is 17.3 Å². The van der Waals surface area contributed by atoms with Crippen molar-refractivity contribution in [1.29, 1.82) is 0 Å². The predicted octanol–water partition coefficient (Wildman–Crippen LogP) is 3.12. The van der Waals surface area contributed by atoms with Gasteiger partial charge >= 0.3 is 5.97 Å². The number of esters is 1. The van der Waals surface area contributed by atoms with E-state index in [0.717, 1.165) is 37.7 Å². The Labute approximate surface area is 163 Å². The van der Waals surface area contributed by atoms with Crippen molar-refractivity contribution in [3.05, 3.63) is 30.2 Å². The fourth-order valence-corrected chi connectivity index (χ4v) is 5.93. The normalized spacial score (nSPS) is 33.1. The van der Waals surface area contributed by atoms with Gasteiger partial charge in [-0.15, -0.1) is 0 Å². The highest BCUT2D eigenvalue weighted by molar-refractivity contribution is 5.77. The van der Waals surface area contributed by atoms with Crippen LogP contribution in [0.2, 0.25) is 0 Å². The first-order chi connectivity index (χ1) is 13.5. The van der Waals surface area contributed by atoms with Crippen LogP contribution < -0.4 is 4.74 Å². The molecule has 4 aliphatic rings. The lowest BCUT2D eigenvalue weighted by atomic mass is 9.48. The van der Waals surface area contributed by atoms with Crippen molar-refractivity contribution in [1.82, 2.24) is 10.1 Å². The summed E-state index contributed by atoms with van der Waals surface area (Å²) >= 11 is 0. The molecule has 2 unspecified atom stereocenters. The van der Waals surface area contributed by atoms with Gasteiger partial charge in [-0.25, -0.2) is 0 Å². The van der Waals surface area contributed by atoms with Crippen LogP contribution in [0.25, 0.3) is 11.4 Å². The number of rotatable bonds is 5. The van der Waals surface area contributed by atoms with Crippen LogP contribution in [0.15, 0.2) is 28.8 Å². The minimum absolute atomic E-state index is 0.0503. The molecular weight excluding hydrogens is 360 g/mol. The first-order valence-electron chi connectivity index (χ1n) is 9.84. The summed E-state index contributed by atoms with van der Waals surface area (Å²) in [4.78, 5) is 17.3. The van der Waals surface area contributed by atoms with Crippen LogP contribution in [0.3, 0.4) is 0 Å². The highest BCUT2D eigenvalue weighted by Crippen LogP contribution is 2.62. The molecule has 148 valence electrons. The van der Waals surface area contributed by atoms with E-state index >= 15 is 0 Å². The number of aliphatic hydroxyl groups is 1. The predicted molar refractivity (Wildman–Crippen MR) is 98.1 cm³/mol. The number of carbonyl (C=O) groups excluding carboxylic acids is 1. The topological polar surface area (TPSA) is 94.7 Å². The summed E-state index contributed by atoms with van der Waals surface area (Å²) in [5, 5.41) is 14.8. The maximum absolute atomic E-state index is 12.9. The number of aromatic nitrogens is 2. The molecule has 1 aromatic carbocycles. The van der Waals surface area contributed by atoms with E-state index in [-0.39, 0.29) is 18.5 Å². The Kier molecular flexibility index (Phi) is 3.98. The fourth-order valence-electron chi connectivity index (χ4n) is 5.93. The van der Waals surface area contributed by atoms with E-state index in [2.05, 4.69) is 10.1 Å². The Morgan fingerprint density at radius 3 is 2.79 bits per heavy atom. The SMILES string of the molecule is COc1cccc(-c2noc(COC(=O)C34C[C@@H]5C[C@@H](CC(O)(C5)C3)C4)n2)c1. The molecule has 1 heterocycles. The van der Waals surface area contributed by atoms with Crippen molar-refractivity contribution in [2.75, 3.05) is 7.11 Å². The molecule has 2 aromatic rings. The molecule has 0 saturated heterocycles. The van der Waals surface area contributed by atoms with Crippen molar-refractivity contribution >= 4 is 5.97 Å². The smallest absolute Gasteiger partial charge is 0.312 e. The largest absolute Gasteiger partial charge is 0.497 e. The molecule has 0 amide bonds. The summed E-state index contributed by atoms with van der Waals surface area (Å²) < 4.78 is 16.0. The van der Waals surface area contributed by atoms with E-state index in [9.17, 15) is 9.90 Å². The van der Waals surface area contributed by atoms with E-state index in [1.54, 1.807) is 7.11 Å². The molecule has 0 aliphatic heterocycles. The van der Waals surface area contributed by atoms with Crippen LogP contribution in [-0.2, 0) is 16.1 Å². The summed E-state index contributed by atoms with van der Waals surface area (Å²) in [5.41, 5.74) is -0.467. The van der Waals surface area contributed by atoms with E-state index < -0.39 is 11.0 Å². The van der Waals surface area contributed by atoms with Crippen LogP contribution in [0.5, 0.6) is 5.75 Å². The molecule has 28 heavy (non-hydrogen) atoms. The van der Waals surface area contributed by atoms with Crippen molar-refractivity contribution in [3.8, 4) is 17.1 Å². The lowest BCUT2D eigenvalue weighted by Crippen LogP contribution is -2.58. The van der Waals surface area contributed by atoms with Gasteiger partial charge in [-0.1, -0.05) is 17.3 Å². The van der Waals surface area contributed by atoms with E-state index in [4.69, 9.17) is 14.0 Å². The third-order valence-corrected chi connectivity index (χ3v) is 6.59. The molecule has 0 spiro atoms. The van der Waals surface area contributed by atoms with Crippen LogP contribution in [0.4, 0.5) is 0 Å². The second-order valence-corrected chi connectivity index (χ2v) is 8.79. The zero-order valence-electron chi connectivity index (χ0n) is 15.9. The summed E-state index contributed by atoms with van der Waals surface area (Å²) in [5.74, 6) is 2.02. The molecule has 4 fully saturated rings. The number of methoxy groups -OCH3 is 1. The number of carbonyl (C=O) groups is 1. The lowest BCUT2D eigenvalue weighted by molar-refractivity contribution is -0.197. The summed E-state index contributed by atoms with van der Waals surface area (Å²) in [6.07, 6.45) is 4.95. The van der Waals surface area contributed by atoms with Crippen LogP contribution in [0.1, 0.15) is 44.4 Å². The molecule has 6 rings (SSSR count). The molecule has 1 aromatic heterocycles. The van der Waals surface area contributed by atoms with Gasteiger partial charge in [0.1, 0.15) is 5.75 Å². The van der Waals surface area contributed by atoms with E-state index in [1.807, 2.05) is 24.3 Å². The van der Waals surface area contributed by atoms with Gasteiger partial charge in [-0.2, -0.15) is 4.98 Å². The number of hydrogen-bond donors (Lipinski definition) is 1. The average Bonchev–Trinajstić information content (AvgIpc) is 3.13. The maximum Gasteiger partial charge on any atom is 0.312 e. The van der Waals surface area contributed by atoms with E-state index in [0.29, 0.717) is 29.8 Å². The van der Waals surface area contributed by atoms with Crippen LogP contribution >= 0.6 is 0 Å². The number of benzene rings is 1. The molecule has 4 bridgehead atoms. The zero-order chi connectivity index (χ0) is 19.4. The van der Waals surface area contributed by atoms with Gasteiger partial charge in [0.15, 0.2) is 6.61 Å². The Balaban J connectivity index is 1.27. The first kappa shape index (κ1) is 17.7. The molecule has 1 N–H and O–H groups in total. The highest BCUT2D eigenvalue weighted by atomic mass is 16.6. The quantitative estimate of drug-likeness (QED) is 0.792. The van der Waals surface area contributed by atoms with Crippen molar-refractivity contribution < 1.29 is 23.9 Å². The fraction of sp³-hybridized carbons (Fsp3) is 0.571. The second-order valence-electron chi connectivity index (χ2n) is 8.79. The summed E-state index contributed by atoms with van der Waals surface area (Å²) in [7, 11) is 1.60. The maximum atomic E-state index is 12.9. The Hall–Kier alpha value is -2.41. The van der Waals surface area contributed by atoms with Crippen LogP contribution in [-0.4, -0.2) is 33.9 Å². The molecule has 7 nitrogen and oxygen atoms in total.